The van der Waals surface area contributed by atoms with Crippen LogP contribution >= 0.6 is 0 Å². The Morgan fingerprint density at radius 1 is 0.947 bits per heavy atom. The molecular weight excluding hydrogens is 235 g/mol. The first kappa shape index (κ1) is 15.1. The zero-order chi connectivity index (χ0) is 13.9. The summed E-state index contributed by atoms with van der Waals surface area (Å²) in [6.45, 7) is 8.41. The second-order valence-corrected chi connectivity index (χ2v) is 7.15. The summed E-state index contributed by atoms with van der Waals surface area (Å²) in [6.07, 6.45) is 11.9. The van der Waals surface area contributed by atoms with Crippen molar-refractivity contribution in [2.75, 3.05) is 0 Å². The molecule has 2 aliphatic rings. The summed E-state index contributed by atoms with van der Waals surface area (Å²) in [4.78, 5) is 0. The topological polar surface area (TPSA) is 18.5 Å². The molecule has 0 atom stereocenters. The standard InChI is InChI=1S/C16H29BO2/c1-15(2)16(3,4)19-17(18-15)13-9-12-14-10-7-5-6-8-11-14/h9,13-14H,5-8,10-12H2,1-4H3/b13-9+. The highest BCUT2D eigenvalue weighted by Crippen LogP contribution is 2.37. The molecule has 19 heavy (non-hydrogen) atoms. The minimum Gasteiger partial charge on any atom is -0.400 e. The van der Waals surface area contributed by atoms with Crippen LogP contribution in [0.15, 0.2) is 12.1 Å². The van der Waals surface area contributed by atoms with E-state index in [0.29, 0.717) is 0 Å². The van der Waals surface area contributed by atoms with Crippen molar-refractivity contribution in [2.24, 2.45) is 5.92 Å². The molecule has 1 heterocycles. The van der Waals surface area contributed by atoms with Gasteiger partial charge in [-0.05, 0) is 40.0 Å². The van der Waals surface area contributed by atoms with Crippen molar-refractivity contribution in [2.45, 2.75) is 83.8 Å². The van der Waals surface area contributed by atoms with Crippen LogP contribution in [-0.2, 0) is 9.31 Å². The molecule has 108 valence electrons. The Hall–Kier alpha value is -0.275. The van der Waals surface area contributed by atoms with Crippen molar-refractivity contribution < 1.29 is 9.31 Å². The monoisotopic (exact) mass is 264 g/mol. The van der Waals surface area contributed by atoms with E-state index in [1.807, 2.05) is 0 Å². The van der Waals surface area contributed by atoms with Crippen LogP contribution in [0.5, 0.6) is 0 Å². The van der Waals surface area contributed by atoms with Crippen molar-refractivity contribution >= 4 is 7.12 Å². The highest BCUT2D eigenvalue weighted by molar-refractivity contribution is 6.51. The van der Waals surface area contributed by atoms with Gasteiger partial charge in [-0.3, -0.25) is 0 Å². The Morgan fingerprint density at radius 3 is 2.00 bits per heavy atom. The van der Waals surface area contributed by atoms with E-state index >= 15 is 0 Å². The zero-order valence-electron chi connectivity index (χ0n) is 13.1. The number of hydrogen-bond acceptors (Lipinski definition) is 2. The van der Waals surface area contributed by atoms with Gasteiger partial charge in [0.05, 0.1) is 11.2 Å². The van der Waals surface area contributed by atoms with Crippen molar-refractivity contribution in [3.8, 4) is 0 Å². The Kier molecular flexibility index (Phi) is 4.78. The maximum atomic E-state index is 5.97. The van der Waals surface area contributed by atoms with Crippen LogP contribution in [0.3, 0.4) is 0 Å². The third-order valence-electron chi connectivity index (χ3n) is 5.01. The molecule has 0 unspecified atom stereocenters. The van der Waals surface area contributed by atoms with E-state index in [4.69, 9.17) is 9.31 Å². The van der Waals surface area contributed by atoms with Gasteiger partial charge in [-0.2, -0.15) is 0 Å². The van der Waals surface area contributed by atoms with Gasteiger partial charge in [0.25, 0.3) is 0 Å². The van der Waals surface area contributed by atoms with Crippen molar-refractivity contribution in [1.82, 2.24) is 0 Å². The van der Waals surface area contributed by atoms with E-state index in [1.54, 1.807) is 0 Å². The maximum absolute atomic E-state index is 5.97. The molecule has 0 radical (unpaired) electrons. The molecule has 2 rings (SSSR count). The lowest BCUT2D eigenvalue weighted by Crippen LogP contribution is -2.41. The van der Waals surface area contributed by atoms with Crippen LogP contribution in [0, 0.1) is 5.92 Å². The fraction of sp³-hybridized carbons (Fsp3) is 0.875. The van der Waals surface area contributed by atoms with Gasteiger partial charge in [-0.25, -0.2) is 0 Å². The van der Waals surface area contributed by atoms with Crippen LogP contribution in [0.25, 0.3) is 0 Å². The Labute approximate surface area is 119 Å². The number of allylic oxidation sites excluding steroid dienone is 1. The van der Waals surface area contributed by atoms with Gasteiger partial charge in [-0.15, -0.1) is 0 Å². The highest BCUT2D eigenvalue weighted by Gasteiger charge is 2.49. The second kappa shape index (κ2) is 6.01. The van der Waals surface area contributed by atoms with Gasteiger partial charge in [-0.1, -0.05) is 50.6 Å². The molecule has 0 spiro atoms. The van der Waals surface area contributed by atoms with E-state index in [-0.39, 0.29) is 18.3 Å². The van der Waals surface area contributed by atoms with Crippen molar-refractivity contribution in [3.63, 3.8) is 0 Å². The molecule has 0 N–H and O–H groups in total. The van der Waals surface area contributed by atoms with Crippen molar-refractivity contribution in [1.29, 1.82) is 0 Å². The molecule has 0 aromatic heterocycles. The molecular formula is C16H29BO2. The predicted octanol–water partition coefficient (Wildman–Crippen LogP) is 4.53. The third-order valence-corrected chi connectivity index (χ3v) is 5.01. The fourth-order valence-corrected chi connectivity index (χ4v) is 2.95. The molecule has 2 fully saturated rings. The Morgan fingerprint density at radius 2 is 1.47 bits per heavy atom. The van der Waals surface area contributed by atoms with Gasteiger partial charge >= 0.3 is 7.12 Å². The van der Waals surface area contributed by atoms with Gasteiger partial charge < -0.3 is 9.31 Å². The summed E-state index contributed by atoms with van der Waals surface area (Å²) in [7, 11) is -0.171. The van der Waals surface area contributed by atoms with E-state index in [2.05, 4.69) is 39.7 Å². The summed E-state index contributed by atoms with van der Waals surface area (Å²) in [5, 5.41) is 0. The molecule has 0 aromatic carbocycles. The predicted molar refractivity (Wildman–Crippen MR) is 81.0 cm³/mol. The molecule has 2 nitrogen and oxygen atoms in total. The smallest absolute Gasteiger partial charge is 0.400 e. The third kappa shape index (κ3) is 3.85. The lowest BCUT2D eigenvalue weighted by atomic mass is 9.87. The minimum atomic E-state index is -0.218. The molecule has 0 bridgehead atoms. The molecule has 1 saturated carbocycles. The summed E-state index contributed by atoms with van der Waals surface area (Å²) >= 11 is 0. The molecule has 1 aliphatic heterocycles. The average molecular weight is 264 g/mol. The highest BCUT2D eigenvalue weighted by atomic mass is 16.7. The second-order valence-electron chi connectivity index (χ2n) is 7.15. The summed E-state index contributed by atoms with van der Waals surface area (Å²) < 4.78 is 11.9. The van der Waals surface area contributed by atoms with Crippen LogP contribution < -0.4 is 0 Å². The zero-order valence-corrected chi connectivity index (χ0v) is 13.1. The van der Waals surface area contributed by atoms with E-state index in [0.717, 1.165) is 5.92 Å². The van der Waals surface area contributed by atoms with Crippen LogP contribution in [-0.4, -0.2) is 18.3 Å². The minimum absolute atomic E-state index is 0.171. The fourth-order valence-electron chi connectivity index (χ4n) is 2.95. The first-order chi connectivity index (χ1) is 8.91. The molecule has 0 amide bonds. The van der Waals surface area contributed by atoms with E-state index in [1.165, 1.54) is 44.9 Å². The molecule has 1 aliphatic carbocycles. The first-order valence-corrected chi connectivity index (χ1v) is 7.93. The van der Waals surface area contributed by atoms with Gasteiger partial charge in [0.2, 0.25) is 0 Å². The number of rotatable bonds is 3. The average Bonchev–Trinajstić information content (AvgIpc) is 2.49. The van der Waals surface area contributed by atoms with E-state index in [9.17, 15) is 0 Å². The SMILES string of the molecule is CC1(C)OB(/C=C/CC2CCCCCC2)OC1(C)C. The first-order valence-electron chi connectivity index (χ1n) is 7.93. The van der Waals surface area contributed by atoms with Gasteiger partial charge in [0.15, 0.2) is 0 Å². The van der Waals surface area contributed by atoms with Gasteiger partial charge in [0.1, 0.15) is 0 Å². The summed E-state index contributed by atoms with van der Waals surface area (Å²) in [6, 6.07) is 0. The maximum Gasteiger partial charge on any atom is 0.486 e. The largest absolute Gasteiger partial charge is 0.486 e. The quantitative estimate of drug-likeness (QED) is 0.550. The van der Waals surface area contributed by atoms with Crippen LogP contribution in [0.1, 0.15) is 72.6 Å². The number of hydrogen-bond donors (Lipinski definition) is 0. The molecule has 1 saturated heterocycles. The normalized spacial score (nSPS) is 27.9. The van der Waals surface area contributed by atoms with Gasteiger partial charge in [0, 0.05) is 0 Å². The summed E-state index contributed by atoms with van der Waals surface area (Å²) in [5.41, 5.74) is -0.436. The Bertz CT molecular complexity index is 299. The van der Waals surface area contributed by atoms with Crippen LogP contribution in [0.2, 0.25) is 0 Å². The Balaban J connectivity index is 1.80. The van der Waals surface area contributed by atoms with Crippen molar-refractivity contribution in [3.05, 3.63) is 12.1 Å². The lowest BCUT2D eigenvalue weighted by Gasteiger charge is -2.32. The molecule has 3 heteroatoms. The lowest BCUT2D eigenvalue weighted by molar-refractivity contribution is 0.00578. The summed E-state index contributed by atoms with van der Waals surface area (Å²) in [5.74, 6) is 2.99. The molecule has 0 aromatic rings. The van der Waals surface area contributed by atoms with Crippen LogP contribution in [0.4, 0.5) is 0 Å². The van der Waals surface area contributed by atoms with E-state index < -0.39 is 0 Å².